The summed E-state index contributed by atoms with van der Waals surface area (Å²) in [5.74, 6) is 0.237. The summed E-state index contributed by atoms with van der Waals surface area (Å²) in [5, 5.41) is 14.6. The Bertz CT molecular complexity index is 965. The number of aromatic nitrogens is 3. The zero-order valence-corrected chi connectivity index (χ0v) is 19.0. The zero-order chi connectivity index (χ0) is 20.5. The van der Waals surface area contributed by atoms with Gasteiger partial charge in [0.2, 0.25) is 0 Å². The molecule has 3 aromatic rings. The van der Waals surface area contributed by atoms with E-state index in [9.17, 15) is 8.78 Å². The predicted molar refractivity (Wildman–Crippen MR) is 123 cm³/mol. The number of fused-ring (bicyclic) bond motifs is 1. The van der Waals surface area contributed by atoms with Gasteiger partial charge in [-0.15, -0.1) is 34.2 Å². The summed E-state index contributed by atoms with van der Waals surface area (Å²) in [7, 11) is 0. The van der Waals surface area contributed by atoms with E-state index in [1.54, 1.807) is 0 Å². The van der Waals surface area contributed by atoms with Gasteiger partial charge in [0.05, 0.1) is 6.54 Å². The molecule has 3 rings (SSSR count). The standard InChI is InChI=1S/C20H24F2N6O.HI/c1-2-23-20(25-11-13-29-17-9-8-15(21)14-16(17)22)24-10-5-7-19-27-26-18-6-3-4-12-28(18)19;/h3-4,6,8-9,12,14H,2,5,7,10-11,13H2,1H3,(H2,23,24,25);1H. The van der Waals surface area contributed by atoms with Gasteiger partial charge in [-0.3, -0.25) is 9.39 Å². The first-order valence-corrected chi connectivity index (χ1v) is 9.56. The molecule has 162 valence electrons. The Hall–Kier alpha value is -2.50. The average Bonchev–Trinajstić information content (AvgIpc) is 3.13. The third kappa shape index (κ3) is 6.78. The SMILES string of the molecule is CCNC(=NCCCc1nnc2ccccn12)NCCOc1ccc(F)cc1F.I. The van der Waals surface area contributed by atoms with Crippen LogP contribution in [-0.4, -0.2) is 46.8 Å². The number of ether oxygens (including phenoxy) is 1. The molecule has 0 bridgehead atoms. The van der Waals surface area contributed by atoms with Crippen LogP contribution in [0.1, 0.15) is 19.2 Å². The van der Waals surface area contributed by atoms with Crippen LogP contribution in [0.25, 0.3) is 5.65 Å². The van der Waals surface area contributed by atoms with Crippen molar-refractivity contribution in [3.05, 3.63) is 60.1 Å². The van der Waals surface area contributed by atoms with E-state index in [4.69, 9.17) is 4.74 Å². The van der Waals surface area contributed by atoms with E-state index in [0.29, 0.717) is 25.6 Å². The van der Waals surface area contributed by atoms with Crippen molar-refractivity contribution in [2.45, 2.75) is 19.8 Å². The molecule has 0 saturated heterocycles. The third-order valence-corrected chi connectivity index (χ3v) is 4.10. The number of hydrogen-bond acceptors (Lipinski definition) is 4. The molecule has 0 aliphatic carbocycles. The smallest absolute Gasteiger partial charge is 0.191 e. The van der Waals surface area contributed by atoms with Gasteiger partial charge >= 0.3 is 0 Å². The number of guanidine groups is 1. The molecule has 0 saturated carbocycles. The Morgan fingerprint density at radius 2 is 2.03 bits per heavy atom. The van der Waals surface area contributed by atoms with Crippen LogP contribution in [0.4, 0.5) is 8.78 Å². The molecule has 30 heavy (non-hydrogen) atoms. The second-order valence-electron chi connectivity index (χ2n) is 6.26. The van der Waals surface area contributed by atoms with Gasteiger partial charge in [0.1, 0.15) is 18.2 Å². The maximum Gasteiger partial charge on any atom is 0.191 e. The van der Waals surface area contributed by atoms with Gasteiger partial charge in [-0.1, -0.05) is 6.07 Å². The summed E-state index contributed by atoms with van der Waals surface area (Å²) >= 11 is 0. The van der Waals surface area contributed by atoms with Gasteiger partial charge in [-0.05, 0) is 37.6 Å². The molecule has 2 aromatic heterocycles. The van der Waals surface area contributed by atoms with Crippen LogP contribution in [0.5, 0.6) is 5.75 Å². The number of aliphatic imine (C=N–C) groups is 1. The van der Waals surface area contributed by atoms with Gasteiger partial charge in [0.15, 0.2) is 23.2 Å². The van der Waals surface area contributed by atoms with Crippen LogP contribution in [0.15, 0.2) is 47.6 Å². The highest BCUT2D eigenvalue weighted by molar-refractivity contribution is 14.0. The number of pyridine rings is 1. The van der Waals surface area contributed by atoms with Crippen LogP contribution in [-0.2, 0) is 6.42 Å². The third-order valence-electron chi connectivity index (χ3n) is 4.10. The van der Waals surface area contributed by atoms with Crippen molar-refractivity contribution < 1.29 is 13.5 Å². The molecule has 0 aliphatic heterocycles. The van der Waals surface area contributed by atoms with E-state index in [2.05, 4.69) is 25.8 Å². The van der Waals surface area contributed by atoms with Gasteiger partial charge in [0, 0.05) is 31.8 Å². The molecular formula is C20H25F2IN6O. The highest BCUT2D eigenvalue weighted by atomic mass is 127. The summed E-state index contributed by atoms with van der Waals surface area (Å²) in [6.45, 7) is 3.96. The van der Waals surface area contributed by atoms with E-state index >= 15 is 0 Å². The fourth-order valence-electron chi connectivity index (χ4n) is 2.75. The Kier molecular flexibility index (Phi) is 9.71. The summed E-state index contributed by atoms with van der Waals surface area (Å²) < 4.78 is 33.7. The molecule has 2 heterocycles. The molecule has 0 atom stereocenters. The van der Waals surface area contributed by atoms with E-state index in [-0.39, 0.29) is 36.3 Å². The lowest BCUT2D eigenvalue weighted by Gasteiger charge is -2.12. The Morgan fingerprint density at radius 1 is 1.17 bits per heavy atom. The van der Waals surface area contributed by atoms with Crippen LogP contribution >= 0.6 is 24.0 Å². The van der Waals surface area contributed by atoms with Crippen LogP contribution in [0.3, 0.4) is 0 Å². The van der Waals surface area contributed by atoms with Gasteiger partial charge in [-0.25, -0.2) is 8.78 Å². The summed E-state index contributed by atoms with van der Waals surface area (Å²) in [6.07, 6.45) is 3.54. The second-order valence-corrected chi connectivity index (χ2v) is 6.26. The van der Waals surface area contributed by atoms with Crippen molar-refractivity contribution in [1.82, 2.24) is 25.2 Å². The van der Waals surface area contributed by atoms with Crippen molar-refractivity contribution in [2.24, 2.45) is 4.99 Å². The van der Waals surface area contributed by atoms with Crippen LogP contribution in [0.2, 0.25) is 0 Å². The predicted octanol–water partition coefficient (Wildman–Crippen LogP) is 3.19. The first-order chi connectivity index (χ1) is 14.2. The zero-order valence-electron chi connectivity index (χ0n) is 16.6. The average molecular weight is 530 g/mol. The number of halogens is 3. The molecule has 0 spiro atoms. The lowest BCUT2D eigenvalue weighted by molar-refractivity contribution is 0.304. The molecule has 2 N–H and O–H groups in total. The fraction of sp³-hybridized carbons (Fsp3) is 0.350. The summed E-state index contributed by atoms with van der Waals surface area (Å²) in [4.78, 5) is 4.52. The lowest BCUT2D eigenvalue weighted by Crippen LogP contribution is -2.39. The van der Waals surface area contributed by atoms with E-state index in [1.807, 2.05) is 35.7 Å². The Morgan fingerprint density at radius 3 is 2.83 bits per heavy atom. The van der Waals surface area contributed by atoms with Crippen molar-refractivity contribution in [3.8, 4) is 5.75 Å². The first-order valence-electron chi connectivity index (χ1n) is 9.56. The quantitative estimate of drug-likeness (QED) is 0.193. The van der Waals surface area contributed by atoms with Crippen molar-refractivity contribution in [2.75, 3.05) is 26.2 Å². The molecule has 10 heteroatoms. The number of hydrogen-bond donors (Lipinski definition) is 2. The molecule has 0 radical (unpaired) electrons. The summed E-state index contributed by atoms with van der Waals surface area (Å²) in [6, 6.07) is 9.04. The second kappa shape index (κ2) is 12.3. The minimum atomic E-state index is -0.716. The number of nitrogens with zero attached hydrogens (tertiary/aromatic N) is 4. The highest BCUT2D eigenvalue weighted by Gasteiger charge is 2.06. The molecule has 1 aromatic carbocycles. The maximum absolute atomic E-state index is 13.5. The van der Waals surface area contributed by atoms with Gasteiger partial charge in [0.25, 0.3) is 0 Å². The molecule has 7 nitrogen and oxygen atoms in total. The Balaban J connectivity index is 0.00000320. The topological polar surface area (TPSA) is 75.8 Å². The van der Waals surface area contributed by atoms with Gasteiger partial charge < -0.3 is 15.4 Å². The molecule has 0 fully saturated rings. The monoisotopic (exact) mass is 530 g/mol. The minimum absolute atomic E-state index is 0. The van der Waals surface area contributed by atoms with Gasteiger partial charge in [-0.2, -0.15) is 0 Å². The van der Waals surface area contributed by atoms with Crippen molar-refractivity contribution >= 4 is 35.6 Å². The molecule has 0 unspecified atom stereocenters. The number of rotatable bonds is 9. The lowest BCUT2D eigenvalue weighted by atomic mass is 10.3. The normalized spacial score (nSPS) is 11.2. The number of nitrogens with one attached hydrogen (secondary N) is 2. The van der Waals surface area contributed by atoms with Crippen LogP contribution < -0.4 is 15.4 Å². The largest absolute Gasteiger partial charge is 0.489 e. The Labute approximate surface area is 191 Å². The summed E-state index contributed by atoms with van der Waals surface area (Å²) in [5.41, 5.74) is 0.832. The number of aryl methyl sites for hydroxylation is 1. The van der Waals surface area contributed by atoms with E-state index < -0.39 is 11.6 Å². The molecular weight excluding hydrogens is 505 g/mol. The number of benzene rings is 1. The van der Waals surface area contributed by atoms with E-state index in [1.165, 1.54) is 6.07 Å². The van der Waals surface area contributed by atoms with E-state index in [0.717, 1.165) is 36.4 Å². The minimum Gasteiger partial charge on any atom is -0.489 e. The highest BCUT2D eigenvalue weighted by Crippen LogP contribution is 2.17. The fourth-order valence-corrected chi connectivity index (χ4v) is 2.75. The maximum atomic E-state index is 13.5. The molecule has 0 aliphatic rings. The molecule has 0 amide bonds. The van der Waals surface area contributed by atoms with Crippen molar-refractivity contribution in [3.63, 3.8) is 0 Å². The van der Waals surface area contributed by atoms with Crippen molar-refractivity contribution in [1.29, 1.82) is 0 Å². The van der Waals surface area contributed by atoms with Crippen LogP contribution in [0, 0.1) is 11.6 Å². The first kappa shape index (κ1) is 23.8.